The maximum absolute atomic E-state index is 13.7. The fourth-order valence-electron chi connectivity index (χ4n) is 2.19. The van der Waals surface area contributed by atoms with Gasteiger partial charge in [-0.25, -0.2) is 13.2 Å². The van der Waals surface area contributed by atoms with E-state index in [0.717, 1.165) is 18.2 Å². The summed E-state index contributed by atoms with van der Waals surface area (Å²) in [4.78, 5) is 0. The van der Waals surface area contributed by atoms with Gasteiger partial charge in [0.25, 0.3) is 0 Å². The molecule has 0 fully saturated rings. The lowest BCUT2D eigenvalue weighted by atomic mass is 9.89. The summed E-state index contributed by atoms with van der Waals surface area (Å²) >= 11 is 5.94. The minimum Gasteiger partial charge on any atom is -0.388 e. The van der Waals surface area contributed by atoms with Crippen LogP contribution >= 0.6 is 11.6 Å². The van der Waals surface area contributed by atoms with Gasteiger partial charge in [0.05, 0.1) is 6.10 Å². The molecule has 0 aliphatic heterocycles. The fraction of sp³-hybridized carbons (Fsp3) is 0.200. The van der Waals surface area contributed by atoms with Gasteiger partial charge in [-0.1, -0.05) is 23.7 Å². The maximum atomic E-state index is 13.7. The lowest BCUT2D eigenvalue weighted by molar-refractivity contribution is 0.143. The van der Waals surface area contributed by atoms with Gasteiger partial charge in [-0.2, -0.15) is 0 Å². The summed E-state index contributed by atoms with van der Waals surface area (Å²) in [5, 5.41) is 10.4. The van der Waals surface area contributed by atoms with E-state index in [9.17, 15) is 18.3 Å². The van der Waals surface area contributed by atoms with E-state index in [2.05, 4.69) is 0 Å². The molecule has 0 heterocycles. The number of hydrogen-bond donors (Lipinski definition) is 2. The Morgan fingerprint density at radius 2 is 1.57 bits per heavy atom. The Morgan fingerprint density at radius 1 is 1.00 bits per heavy atom. The van der Waals surface area contributed by atoms with Gasteiger partial charge < -0.3 is 10.8 Å². The van der Waals surface area contributed by atoms with Crippen molar-refractivity contribution in [1.82, 2.24) is 0 Å². The van der Waals surface area contributed by atoms with Gasteiger partial charge in [0.15, 0.2) is 0 Å². The third-order valence-corrected chi connectivity index (χ3v) is 3.61. The Morgan fingerprint density at radius 3 is 2.10 bits per heavy atom. The first-order chi connectivity index (χ1) is 9.93. The van der Waals surface area contributed by atoms with Crippen LogP contribution in [0.15, 0.2) is 36.4 Å². The molecule has 2 aromatic carbocycles. The summed E-state index contributed by atoms with van der Waals surface area (Å²) in [6.07, 6.45) is -1.32. The average Bonchev–Trinajstić information content (AvgIpc) is 2.41. The molecule has 2 rings (SSSR count). The Bertz CT molecular complexity index is 651. The first-order valence-corrected chi connectivity index (χ1v) is 6.60. The second-order valence-electron chi connectivity index (χ2n) is 4.62. The van der Waals surface area contributed by atoms with Crippen LogP contribution in [0, 0.1) is 17.5 Å². The van der Waals surface area contributed by atoms with Gasteiger partial charge in [0, 0.05) is 29.1 Å². The fourth-order valence-corrected chi connectivity index (χ4v) is 2.49. The molecule has 0 aromatic heterocycles. The highest BCUT2D eigenvalue weighted by Gasteiger charge is 2.26. The number of benzene rings is 2. The standard InChI is InChI=1S/C15H13ClF3NO/c16-13-5-8(17)1-3-10(13)12(7-20)15(21)11-4-2-9(18)6-14(11)19/h1-6,12,15,21H,7,20H2. The lowest BCUT2D eigenvalue weighted by Gasteiger charge is -2.23. The van der Waals surface area contributed by atoms with Gasteiger partial charge in [-0.05, 0) is 23.8 Å². The Kier molecular flexibility index (Phi) is 4.88. The van der Waals surface area contributed by atoms with Crippen LogP contribution in [0.25, 0.3) is 0 Å². The number of hydrogen-bond acceptors (Lipinski definition) is 2. The van der Waals surface area contributed by atoms with E-state index < -0.39 is 29.5 Å². The second kappa shape index (κ2) is 6.47. The zero-order chi connectivity index (χ0) is 15.6. The molecular weight excluding hydrogens is 303 g/mol. The topological polar surface area (TPSA) is 46.2 Å². The molecule has 0 spiro atoms. The molecule has 0 saturated heterocycles. The third kappa shape index (κ3) is 3.37. The van der Waals surface area contributed by atoms with E-state index in [1.165, 1.54) is 12.1 Å². The molecule has 0 aliphatic carbocycles. The minimum atomic E-state index is -1.32. The largest absolute Gasteiger partial charge is 0.388 e. The van der Waals surface area contributed by atoms with Crippen molar-refractivity contribution in [3.05, 3.63) is 70.0 Å². The van der Waals surface area contributed by atoms with E-state index in [1.54, 1.807) is 0 Å². The summed E-state index contributed by atoms with van der Waals surface area (Å²) in [5.74, 6) is -2.88. The zero-order valence-electron chi connectivity index (χ0n) is 10.9. The molecular formula is C15H13ClF3NO. The molecule has 2 unspecified atom stereocenters. The molecule has 2 nitrogen and oxygen atoms in total. The highest BCUT2D eigenvalue weighted by molar-refractivity contribution is 6.31. The summed E-state index contributed by atoms with van der Waals surface area (Å²) in [5.41, 5.74) is 5.93. The van der Waals surface area contributed by atoms with Crippen molar-refractivity contribution in [1.29, 1.82) is 0 Å². The maximum Gasteiger partial charge on any atom is 0.131 e. The molecule has 0 radical (unpaired) electrons. The lowest BCUT2D eigenvalue weighted by Crippen LogP contribution is -2.21. The Labute approximate surface area is 125 Å². The number of aliphatic hydroxyl groups is 1. The molecule has 0 bridgehead atoms. The van der Waals surface area contributed by atoms with Crippen molar-refractivity contribution < 1.29 is 18.3 Å². The molecule has 21 heavy (non-hydrogen) atoms. The minimum absolute atomic E-state index is 0.0384. The molecule has 2 atom stereocenters. The summed E-state index contributed by atoms with van der Waals surface area (Å²) in [7, 11) is 0. The predicted octanol–water partition coefficient (Wildman–Crippen LogP) is 3.53. The number of rotatable bonds is 4. The number of halogens is 4. The van der Waals surface area contributed by atoms with Gasteiger partial charge >= 0.3 is 0 Å². The predicted molar refractivity (Wildman–Crippen MR) is 74.5 cm³/mol. The van der Waals surface area contributed by atoms with E-state index in [0.29, 0.717) is 11.6 Å². The van der Waals surface area contributed by atoms with Gasteiger partial charge in [-0.15, -0.1) is 0 Å². The van der Waals surface area contributed by atoms with Crippen LogP contribution in [0.1, 0.15) is 23.1 Å². The highest BCUT2D eigenvalue weighted by Crippen LogP contribution is 2.35. The molecule has 0 amide bonds. The molecule has 112 valence electrons. The van der Waals surface area contributed by atoms with Crippen molar-refractivity contribution in [3.63, 3.8) is 0 Å². The van der Waals surface area contributed by atoms with Crippen LogP contribution in [0.2, 0.25) is 5.02 Å². The molecule has 3 N–H and O–H groups in total. The average molecular weight is 316 g/mol. The second-order valence-corrected chi connectivity index (χ2v) is 5.03. The summed E-state index contributed by atoms with van der Waals surface area (Å²) in [6.45, 7) is -0.0384. The quantitative estimate of drug-likeness (QED) is 0.906. The summed E-state index contributed by atoms with van der Waals surface area (Å²) in [6, 6.07) is 6.53. The van der Waals surface area contributed by atoms with Crippen LogP contribution in [0.4, 0.5) is 13.2 Å². The van der Waals surface area contributed by atoms with Gasteiger partial charge in [0.2, 0.25) is 0 Å². The van der Waals surface area contributed by atoms with Crippen molar-refractivity contribution in [3.8, 4) is 0 Å². The highest BCUT2D eigenvalue weighted by atomic mass is 35.5. The van der Waals surface area contributed by atoms with E-state index >= 15 is 0 Å². The van der Waals surface area contributed by atoms with E-state index in [-0.39, 0.29) is 17.1 Å². The van der Waals surface area contributed by atoms with E-state index in [4.69, 9.17) is 17.3 Å². The first kappa shape index (κ1) is 15.8. The normalized spacial score (nSPS) is 14.0. The Hall–Kier alpha value is -1.56. The SMILES string of the molecule is NCC(c1ccc(F)cc1Cl)C(O)c1ccc(F)cc1F. The van der Waals surface area contributed by atoms with Crippen LogP contribution in [0.5, 0.6) is 0 Å². The number of aliphatic hydroxyl groups excluding tert-OH is 1. The van der Waals surface area contributed by atoms with Crippen molar-refractivity contribution in [2.24, 2.45) is 5.73 Å². The van der Waals surface area contributed by atoms with Crippen molar-refractivity contribution in [2.75, 3.05) is 6.54 Å². The molecule has 0 saturated carbocycles. The molecule has 6 heteroatoms. The van der Waals surface area contributed by atoms with Crippen LogP contribution < -0.4 is 5.73 Å². The van der Waals surface area contributed by atoms with Crippen molar-refractivity contribution >= 4 is 11.6 Å². The molecule has 0 aliphatic rings. The Balaban J connectivity index is 2.40. The van der Waals surface area contributed by atoms with Crippen molar-refractivity contribution in [2.45, 2.75) is 12.0 Å². The first-order valence-electron chi connectivity index (χ1n) is 6.22. The monoisotopic (exact) mass is 315 g/mol. The van der Waals surface area contributed by atoms with E-state index in [1.807, 2.05) is 0 Å². The zero-order valence-corrected chi connectivity index (χ0v) is 11.6. The number of nitrogens with two attached hydrogens (primary N) is 1. The molecule has 2 aromatic rings. The smallest absolute Gasteiger partial charge is 0.131 e. The van der Waals surface area contributed by atoms with Gasteiger partial charge in [0.1, 0.15) is 17.5 Å². The van der Waals surface area contributed by atoms with Gasteiger partial charge in [-0.3, -0.25) is 0 Å². The van der Waals surface area contributed by atoms with Crippen LogP contribution in [-0.2, 0) is 0 Å². The van der Waals surface area contributed by atoms with Crippen LogP contribution in [0.3, 0.4) is 0 Å². The third-order valence-electron chi connectivity index (χ3n) is 3.28. The summed E-state index contributed by atoms with van der Waals surface area (Å²) < 4.78 is 39.7. The van der Waals surface area contributed by atoms with Crippen LogP contribution in [-0.4, -0.2) is 11.7 Å².